The number of nitrogens with two attached hydrogens (primary N) is 1. The Morgan fingerprint density at radius 3 is 2.86 bits per heavy atom. The van der Waals surface area contributed by atoms with E-state index in [-0.39, 0.29) is 18.6 Å². The van der Waals surface area contributed by atoms with E-state index in [9.17, 15) is 13.0 Å². The molecule has 11 heteroatoms. The summed E-state index contributed by atoms with van der Waals surface area (Å²) in [4.78, 5) is 9.36. The minimum atomic E-state index is -4.23. The zero-order valence-corrected chi connectivity index (χ0v) is 17.3. The number of fused-ring (bicyclic) bond motifs is 3. The lowest BCUT2D eigenvalue weighted by molar-refractivity contribution is 0.0422. The van der Waals surface area contributed by atoms with Crippen molar-refractivity contribution in [3.8, 4) is 0 Å². The minimum Gasteiger partial charge on any atom is -0.380 e. The van der Waals surface area contributed by atoms with Gasteiger partial charge in [-0.25, -0.2) is 5.43 Å². The summed E-state index contributed by atoms with van der Waals surface area (Å²) in [6.45, 7) is 0. The third kappa shape index (κ3) is 4.01. The average molecular weight is 430 g/mol. The molecule has 0 aromatic heterocycles. The van der Waals surface area contributed by atoms with E-state index >= 15 is 0 Å². The molecule has 0 radical (unpaired) electrons. The molecule has 2 heterocycles. The number of hydrazine groups is 1. The molecule has 0 amide bonds. The molecule has 9 nitrogen and oxygen atoms in total. The summed E-state index contributed by atoms with van der Waals surface area (Å²) in [5.74, 6) is 0.368. The molecule has 4 rings (SSSR count). The lowest BCUT2D eigenvalue weighted by Gasteiger charge is -2.38. The number of dihydropyridines is 1. The zero-order valence-electron chi connectivity index (χ0n) is 15.6. The van der Waals surface area contributed by atoms with Crippen molar-refractivity contribution in [3.63, 3.8) is 0 Å². The molecule has 0 saturated heterocycles. The highest BCUT2D eigenvalue weighted by molar-refractivity contribution is 8.14. The molecule has 2 aliphatic heterocycles. The summed E-state index contributed by atoms with van der Waals surface area (Å²) >= 11 is 1.67. The number of allylic oxidation sites excluding steroid dienone is 1. The number of aliphatic imine (C=N–C) groups is 2. The highest BCUT2D eigenvalue weighted by Gasteiger charge is 2.45. The van der Waals surface area contributed by atoms with Gasteiger partial charge in [0.05, 0.1) is 18.2 Å². The summed E-state index contributed by atoms with van der Waals surface area (Å²) in [7, 11) is -2.68. The standard InChI is InChI=1S/C17H27N5O4S2/c1-26-14-8-13(15(7-10(14)18)28(23,24)25)21-22-17-20-12-5-4-11-9(16(12)27-17)3-2-6-19-11/h2-3,6,9-16,21H,4-5,7-8,18H2,1H3,(H,20,22)(H,23,24,25). The second-order valence-corrected chi connectivity index (χ2v) is 10.6. The van der Waals surface area contributed by atoms with Gasteiger partial charge in [-0.15, -0.1) is 0 Å². The van der Waals surface area contributed by atoms with E-state index in [0.717, 1.165) is 18.0 Å². The molecule has 2 aliphatic carbocycles. The van der Waals surface area contributed by atoms with Crippen LogP contribution in [0.1, 0.15) is 25.7 Å². The van der Waals surface area contributed by atoms with Crippen molar-refractivity contribution in [1.82, 2.24) is 10.9 Å². The Kier molecular flexibility index (Phi) is 5.83. The first-order valence-corrected chi connectivity index (χ1v) is 12.0. The fourth-order valence-electron chi connectivity index (χ4n) is 4.66. The number of hydrogen-bond donors (Lipinski definition) is 4. The van der Waals surface area contributed by atoms with Gasteiger partial charge in [0.2, 0.25) is 0 Å². The SMILES string of the molecule is COC1CC(NNC2=NC3CCC4N=CC=CC4C3S2)C(S(=O)(=O)O)CC1N. The largest absolute Gasteiger partial charge is 0.380 e. The molecule has 156 valence electrons. The van der Waals surface area contributed by atoms with Crippen LogP contribution < -0.4 is 16.6 Å². The van der Waals surface area contributed by atoms with Crippen molar-refractivity contribution in [2.24, 2.45) is 21.6 Å². The Balaban J connectivity index is 1.40. The van der Waals surface area contributed by atoms with E-state index in [1.54, 1.807) is 18.9 Å². The number of ether oxygens (including phenoxy) is 1. The van der Waals surface area contributed by atoms with E-state index in [2.05, 4.69) is 21.9 Å². The summed E-state index contributed by atoms with van der Waals surface area (Å²) in [6.07, 6.45) is 8.34. The van der Waals surface area contributed by atoms with Gasteiger partial charge in [-0.1, -0.05) is 17.8 Å². The quantitative estimate of drug-likeness (QED) is 0.365. The van der Waals surface area contributed by atoms with Crippen molar-refractivity contribution >= 4 is 33.3 Å². The highest BCUT2D eigenvalue weighted by Crippen LogP contribution is 2.42. The predicted molar refractivity (Wildman–Crippen MR) is 110 cm³/mol. The van der Waals surface area contributed by atoms with Gasteiger partial charge in [0, 0.05) is 36.6 Å². The molecule has 0 spiro atoms. The Labute approximate surface area is 169 Å². The molecule has 4 aliphatic rings. The maximum absolute atomic E-state index is 11.8. The second-order valence-electron chi connectivity index (χ2n) is 7.83. The van der Waals surface area contributed by atoms with Crippen molar-refractivity contribution in [2.75, 3.05) is 7.11 Å². The van der Waals surface area contributed by atoms with Gasteiger partial charge in [0.25, 0.3) is 10.1 Å². The van der Waals surface area contributed by atoms with E-state index in [1.165, 1.54) is 0 Å². The van der Waals surface area contributed by atoms with Crippen molar-refractivity contribution in [3.05, 3.63) is 12.2 Å². The van der Waals surface area contributed by atoms with Crippen LogP contribution in [0.15, 0.2) is 22.1 Å². The zero-order chi connectivity index (χ0) is 19.9. The molecule has 0 aromatic carbocycles. The lowest BCUT2D eigenvalue weighted by Crippen LogP contribution is -2.60. The third-order valence-electron chi connectivity index (χ3n) is 6.16. The Morgan fingerprint density at radius 1 is 1.32 bits per heavy atom. The minimum absolute atomic E-state index is 0.133. The molecular weight excluding hydrogens is 402 g/mol. The average Bonchev–Trinajstić information content (AvgIpc) is 3.09. The molecular formula is C17H27N5O4S2. The van der Waals surface area contributed by atoms with Crippen LogP contribution in [0.3, 0.4) is 0 Å². The maximum atomic E-state index is 11.8. The molecule has 2 saturated carbocycles. The molecule has 28 heavy (non-hydrogen) atoms. The number of nitrogens with zero attached hydrogens (tertiary/aromatic N) is 2. The van der Waals surface area contributed by atoms with E-state index in [1.807, 2.05) is 12.3 Å². The summed E-state index contributed by atoms with van der Waals surface area (Å²) in [6, 6.07) is -0.408. The van der Waals surface area contributed by atoms with Crippen LogP contribution in [0.4, 0.5) is 0 Å². The number of thioether (sulfide) groups is 1. The van der Waals surface area contributed by atoms with Gasteiger partial charge in [-0.05, 0) is 31.8 Å². The molecule has 0 bridgehead atoms. The van der Waals surface area contributed by atoms with Crippen molar-refractivity contribution in [1.29, 1.82) is 0 Å². The smallest absolute Gasteiger partial charge is 0.269 e. The third-order valence-corrected chi connectivity index (χ3v) is 8.77. The van der Waals surface area contributed by atoms with E-state index in [0.29, 0.717) is 23.6 Å². The number of nitrogens with one attached hydrogen (secondary N) is 2. The predicted octanol–water partition coefficient (Wildman–Crippen LogP) is 0.101. The Bertz CT molecular complexity index is 786. The maximum Gasteiger partial charge on any atom is 0.269 e. The number of methoxy groups -OCH3 is 1. The first kappa shape index (κ1) is 20.3. The van der Waals surface area contributed by atoms with Crippen LogP contribution in [0, 0.1) is 5.92 Å². The summed E-state index contributed by atoms with van der Waals surface area (Å²) in [5, 5.41) is 0.0906. The monoisotopic (exact) mass is 429 g/mol. The van der Waals surface area contributed by atoms with Crippen LogP contribution in [-0.2, 0) is 14.9 Å². The van der Waals surface area contributed by atoms with Gasteiger partial charge < -0.3 is 15.9 Å². The van der Waals surface area contributed by atoms with Gasteiger partial charge in [0.15, 0.2) is 5.17 Å². The molecule has 0 aromatic rings. The van der Waals surface area contributed by atoms with Gasteiger partial charge in [0.1, 0.15) is 5.25 Å². The molecule has 8 atom stereocenters. The molecule has 5 N–H and O–H groups in total. The van der Waals surface area contributed by atoms with Gasteiger partial charge in [-0.3, -0.25) is 14.5 Å². The van der Waals surface area contributed by atoms with Crippen LogP contribution in [0.25, 0.3) is 0 Å². The topological polar surface area (TPSA) is 138 Å². The Hall–Kier alpha value is -0.980. The van der Waals surface area contributed by atoms with Crippen LogP contribution >= 0.6 is 11.8 Å². The first-order valence-electron chi connectivity index (χ1n) is 9.57. The number of rotatable bonds is 4. The molecule has 2 fully saturated rings. The van der Waals surface area contributed by atoms with Crippen molar-refractivity contribution < 1.29 is 17.7 Å². The second kappa shape index (κ2) is 8.04. The highest BCUT2D eigenvalue weighted by atomic mass is 32.2. The fraction of sp³-hybridized carbons (Fsp3) is 0.765. The van der Waals surface area contributed by atoms with Gasteiger partial charge in [-0.2, -0.15) is 8.42 Å². The van der Waals surface area contributed by atoms with E-state index in [4.69, 9.17) is 15.5 Å². The van der Waals surface area contributed by atoms with E-state index < -0.39 is 27.5 Å². The summed E-state index contributed by atoms with van der Waals surface area (Å²) < 4.78 is 38.7. The molecule has 8 unspecified atom stereocenters. The normalized spacial score (nSPS) is 42.6. The fourth-order valence-corrected chi connectivity index (χ4v) is 7.07. The first-order chi connectivity index (χ1) is 13.4. The van der Waals surface area contributed by atoms with Gasteiger partial charge >= 0.3 is 0 Å². The van der Waals surface area contributed by atoms with Crippen LogP contribution in [0.2, 0.25) is 0 Å². The summed E-state index contributed by atoms with van der Waals surface area (Å²) in [5.41, 5.74) is 12.2. The van der Waals surface area contributed by atoms with Crippen LogP contribution in [0.5, 0.6) is 0 Å². The lowest BCUT2D eigenvalue weighted by atomic mass is 9.80. The Morgan fingerprint density at radius 2 is 2.11 bits per heavy atom. The number of hydrogen-bond acceptors (Lipinski definition) is 9. The van der Waals surface area contributed by atoms with Crippen LogP contribution in [-0.4, -0.2) is 72.2 Å². The van der Waals surface area contributed by atoms with Crippen molar-refractivity contribution in [2.45, 2.75) is 66.5 Å². The number of amidine groups is 1.